The molecule has 5 nitrogen and oxygen atoms in total. The maximum atomic E-state index is 13.6. The number of benzene rings is 1. The Kier molecular flexibility index (Phi) is 4.67. The summed E-state index contributed by atoms with van der Waals surface area (Å²) in [4.78, 5) is 8.17. The smallest absolute Gasteiger partial charge is 0.365 e. The molecule has 26 heavy (non-hydrogen) atoms. The van der Waals surface area contributed by atoms with Gasteiger partial charge in [0.25, 0.3) is 0 Å². The van der Waals surface area contributed by atoms with Gasteiger partial charge in [0.15, 0.2) is 0 Å². The zero-order valence-electron chi connectivity index (χ0n) is 14.6. The lowest BCUT2D eigenvalue weighted by Gasteiger charge is -2.16. The van der Waals surface area contributed by atoms with Crippen LogP contribution in [0.5, 0.6) is 0 Å². The van der Waals surface area contributed by atoms with Crippen LogP contribution in [-0.4, -0.2) is 19.7 Å². The molecule has 0 amide bonds. The van der Waals surface area contributed by atoms with Gasteiger partial charge in [0.05, 0.1) is 28.8 Å². The second-order valence-corrected chi connectivity index (χ2v) is 6.08. The van der Waals surface area contributed by atoms with Gasteiger partial charge >= 0.3 is 6.18 Å². The first-order chi connectivity index (χ1) is 12.2. The highest BCUT2D eigenvalue weighted by atomic mass is 19.4. The highest BCUT2D eigenvalue weighted by Gasteiger charge is 2.33. The van der Waals surface area contributed by atoms with Crippen LogP contribution in [0.2, 0.25) is 0 Å². The minimum absolute atomic E-state index is 0.00955. The van der Waals surface area contributed by atoms with E-state index in [1.807, 2.05) is 6.07 Å². The molecule has 3 rings (SSSR count). The Morgan fingerprint density at radius 1 is 1.04 bits per heavy atom. The number of nitrogens with one attached hydrogen (secondary N) is 1. The van der Waals surface area contributed by atoms with Crippen molar-refractivity contribution in [3.8, 4) is 5.69 Å². The summed E-state index contributed by atoms with van der Waals surface area (Å²) in [6.07, 6.45) is -1.42. The fourth-order valence-electron chi connectivity index (χ4n) is 2.74. The molecule has 0 fully saturated rings. The second-order valence-electron chi connectivity index (χ2n) is 6.08. The predicted octanol–water partition coefficient (Wildman–Crippen LogP) is 4.22. The number of hydrogen-bond acceptors (Lipinski definition) is 4. The van der Waals surface area contributed by atoms with Crippen molar-refractivity contribution >= 4 is 5.82 Å². The first-order valence-electron chi connectivity index (χ1n) is 8.00. The van der Waals surface area contributed by atoms with Crippen molar-refractivity contribution in [2.45, 2.75) is 33.5 Å². The predicted molar refractivity (Wildman–Crippen MR) is 92.1 cm³/mol. The topological polar surface area (TPSA) is 55.6 Å². The number of nitrogens with zero attached hydrogens (tertiary/aromatic N) is 4. The van der Waals surface area contributed by atoms with Crippen LogP contribution in [0.3, 0.4) is 0 Å². The SMILES string of the molecule is Cc1cncc(NCc2ccc(-n3nc(C)cc3C)cc2C(F)(F)F)n1. The first kappa shape index (κ1) is 17.9. The van der Waals surface area contributed by atoms with Crippen LogP contribution in [-0.2, 0) is 12.7 Å². The molecule has 1 aromatic carbocycles. The third-order valence-corrected chi connectivity index (χ3v) is 3.87. The largest absolute Gasteiger partial charge is 0.416 e. The number of halogens is 3. The molecule has 0 saturated heterocycles. The molecule has 2 aromatic heterocycles. The maximum absolute atomic E-state index is 13.6. The number of rotatable bonds is 4. The van der Waals surface area contributed by atoms with Crippen molar-refractivity contribution in [2.75, 3.05) is 5.32 Å². The Morgan fingerprint density at radius 3 is 2.42 bits per heavy atom. The number of hydrogen-bond donors (Lipinski definition) is 1. The van der Waals surface area contributed by atoms with E-state index in [9.17, 15) is 13.2 Å². The third-order valence-electron chi connectivity index (χ3n) is 3.87. The van der Waals surface area contributed by atoms with E-state index in [0.717, 1.165) is 17.5 Å². The van der Waals surface area contributed by atoms with Crippen molar-refractivity contribution in [2.24, 2.45) is 0 Å². The van der Waals surface area contributed by atoms with Crippen LogP contribution >= 0.6 is 0 Å². The van der Waals surface area contributed by atoms with Crippen molar-refractivity contribution in [1.29, 1.82) is 0 Å². The van der Waals surface area contributed by atoms with Crippen LogP contribution in [0, 0.1) is 20.8 Å². The van der Waals surface area contributed by atoms with E-state index in [0.29, 0.717) is 17.2 Å². The van der Waals surface area contributed by atoms with Crippen LogP contribution in [0.1, 0.15) is 28.2 Å². The summed E-state index contributed by atoms with van der Waals surface area (Å²) in [5, 5.41) is 7.14. The Balaban J connectivity index is 1.94. The summed E-state index contributed by atoms with van der Waals surface area (Å²) in [6.45, 7) is 5.36. The van der Waals surface area contributed by atoms with Gasteiger partial charge in [-0.1, -0.05) is 6.07 Å². The van der Waals surface area contributed by atoms with Crippen molar-refractivity contribution in [1.82, 2.24) is 19.7 Å². The molecule has 3 aromatic rings. The molecule has 0 aliphatic carbocycles. The summed E-state index contributed by atoms with van der Waals surface area (Å²) >= 11 is 0. The van der Waals surface area contributed by atoms with E-state index >= 15 is 0 Å². The zero-order valence-corrected chi connectivity index (χ0v) is 14.6. The second kappa shape index (κ2) is 6.78. The van der Waals surface area contributed by atoms with E-state index in [4.69, 9.17) is 0 Å². The van der Waals surface area contributed by atoms with Crippen molar-refractivity contribution < 1.29 is 13.2 Å². The number of aryl methyl sites for hydroxylation is 3. The highest BCUT2D eigenvalue weighted by Crippen LogP contribution is 2.34. The number of anilines is 1. The van der Waals surface area contributed by atoms with Gasteiger partial charge in [0.2, 0.25) is 0 Å². The van der Waals surface area contributed by atoms with Gasteiger partial charge in [0.1, 0.15) is 5.82 Å². The fraction of sp³-hybridized carbons (Fsp3) is 0.278. The van der Waals surface area contributed by atoms with Crippen molar-refractivity contribution in [3.63, 3.8) is 0 Å². The van der Waals surface area contributed by atoms with Gasteiger partial charge in [0, 0.05) is 18.4 Å². The molecule has 2 heterocycles. The zero-order chi connectivity index (χ0) is 18.9. The molecular formula is C18H18F3N5. The average molecular weight is 361 g/mol. The van der Waals surface area contributed by atoms with Gasteiger partial charge in [-0.25, -0.2) is 9.67 Å². The molecule has 0 bridgehead atoms. The summed E-state index contributed by atoms with van der Waals surface area (Å²) in [5.74, 6) is 0.431. The quantitative estimate of drug-likeness (QED) is 0.756. The molecule has 8 heteroatoms. The average Bonchev–Trinajstić information content (AvgIpc) is 2.90. The van der Waals surface area contributed by atoms with E-state index in [-0.39, 0.29) is 12.1 Å². The fourth-order valence-corrected chi connectivity index (χ4v) is 2.74. The van der Waals surface area contributed by atoms with E-state index in [1.165, 1.54) is 16.9 Å². The molecule has 1 N–H and O–H groups in total. The Hall–Kier alpha value is -2.90. The van der Waals surface area contributed by atoms with E-state index < -0.39 is 11.7 Å². The standard InChI is InChI=1S/C18H18F3N5/c1-11-6-13(3)26(25-11)15-5-4-14(16(7-15)18(19,20)21)9-23-17-10-22-8-12(2)24-17/h4-8,10H,9H2,1-3H3,(H,23,24). The third kappa shape index (κ3) is 3.84. The highest BCUT2D eigenvalue weighted by molar-refractivity contribution is 5.44. The normalized spacial score (nSPS) is 11.6. The molecule has 0 spiro atoms. The van der Waals surface area contributed by atoms with Crippen LogP contribution in [0.4, 0.5) is 19.0 Å². The Morgan fingerprint density at radius 2 is 1.81 bits per heavy atom. The number of aromatic nitrogens is 4. The minimum atomic E-state index is -4.47. The maximum Gasteiger partial charge on any atom is 0.416 e. The summed E-state index contributed by atoms with van der Waals surface area (Å²) in [6, 6.07) is 6.04. The van der Waals surface area contributed by atoms with E-state index in [1.54, 1.807) is 33.0 Å². The van der Waals surface area contributed by atoms with E-state index in [2.05, 4.69) is 20.4 Å². The molecular weight excluding hydrogens is 343 g/mol. The molecule has 136 valence electrons. The Bertz CT molecular complexity index is 931. The van der Waals surface area contributed by atoms with Crippen LogP contribution in [0.25, 0.3) is 5.69 Å². The number of alkyl halides is 3. The van der Waals surface area contributed by atoms with Gasteiger partial charge in [-0.05, 0) is 44.5 Å². The lowest BCUT2D eigenvalue weighted by atomic mass is 10.1. The summed E-state index contributed by atoms with van der Waals surface area (Å²) < 4.78 is 42.2. The van der Waals surface area contributed by atoms with Crippen molar-refractivity contribution in [3.05, 3.63) is 64.9 Å². The van der Waals surface area contributed by atoms with Gasteiger partial charge in [-0.2, -0.15) is 18.3 Å². The Labute approximate surface area is 148 Å². The molecule has 0 atom stereocenters. The lowest BCUT2D eigenvalue weighted by Crippen LogP contribution is -2.14. The summed E-state index contributed by atoms with van der Waals surface area (Å²) in [5.41, 5.74) is 2.02. The molecule has 0 saturated carbocycles. The molecule has 0 aliphatic heterocycles. The van der Waals surface area contributed by atoms with Crippen LogP contribution < -0.4 is 5.32 Å². The van der Waals surface area contributed by atoms with Gasteiger partial charge in [-0.3, -0.25) is 4.98 Å². The molecule has 0 radical (unpaired) electrons. The first-order valence-corrected chi connectivity index (χ1v) is 8.00. The monoisotopic (exact) mass is 361 g/mol. The molecule has 0 unspecified atom stereocenters. The lowest BCUT2D eigenvalue weighted by molar-refractivity contribution is -0.138. The van der Waals surface area contributed by atoms with Gasteiger partial charge in [-0.15, -0.1) is 0 Å². The molecule has 0 aliphatic rings. The van der Waals surface area contributed by atoms with Gasteiger partial charge < -0.3 is 5.32 Å². The minimum Gasteiger partial charge on any atom is -0.365 e. The summed E-state index contributed by atoms with van der Waals surface area (Å²) in [7, 11) is 0. The van der Waals surface area contributed by atoms with Crippen LogP contribution in [0.15, 0.2) is 36.7 Å².